The number of carboxylic acids is 1. The van der Waals surface area contributed by atoms with Gasteiger partial charge < -0.3 is 5.11 Å². The van der Waals surface area contributed by atoms with E-state index in [1.54, 1.807) is 18.2 Å². The number of carboxylic acid groups (broad SMARTS) is 1. The van der Waals surface area contributed by atoms with E-state index in [-0.39, 0.29) is 5.56 Å². The Morgan fingerprint density at radius 1 is 1.30 bits per heavy atom. The monoisotopic (exact) mass is 366 g/mol. The number of aromatic nitrogens is 3. The molecule has 0 radical (unpaired) electrons. The van der Waals surface area contributed by atoms with Crippen LogP contribution in [0, 0.1) is 12.8 Å². The summed E-state index contributed by atoms with van der Waals surface area (Å²) < 4.78 is 1.46. The van der Waals surface area contributed by atoms with Gasteiger partial charge in [0.1, 0.15) is 0 Å². The molecule has 2 N–H and O–H groups in total. The van der Waals surface area contributed by atoms with Crippen molar-refractivity contribution < 1.29 is 9.90 Å². The van der Waals surface area contributed by atoms with Gasteiger partial charge in [0, 0.05) is 30.9 Å². The standard InChI is InChI=1S/C20H22N4O3/c1-13-8-18-21-17(10-19(25)24(18)22-13)12-23-7-6-15(11-23)9-14-2-4-16(5-3-14)20(26)27/h2-5,8,10,15,22H,6-7,9,11-12H2,1H3,(H,26,27)/t15-/m0/s1. The van der Waals surface area contributed by atoms with E-state index in [2.05, 4.69) is 15.0 Å². The summed E-state index contributed by atoms with van der Waals surface area (Å²) in [6, 6.07) is 10.6. The third-order valence-electron chi connectivity index (χ3n) is 5.11. The maximum absolute atomic E-state index is 12.2. The van der Waals surface area contributed by atoms with Gasteiger partial charge >= 0.3 is 5.97 Å². The number of likely N-dealkylation sites (tertiary alicyclic amines) is 1. The van der Waals surface area contributed by atoms with Crippen LogP contribution >= 0.6 is 0 Å². The topological polar surface area (TPSA) is 90.7 Å². The Morgan fingerprint density at radius 2 is 2.07 bits per heavy atom. The Bertz CT molecular complexity index is 1040. The van der Waals surface area contributed by atoms with Gasteiger partial charge in [-0.1, -0.05) is 12.1 Å². The fraction of sp³-hybridized carbons (Fsp3) is 0.350. The number of nitrogens with one attached hydrogen (secondary N) is 1. The van der Waals surface area contributed by atoms with Crippen molar-refractivity contribution in [3.63, 3.8) is 0 Å². The number of aryl methyl sites for hydroxylation is 1. The molecule has 0 amide bonds. The highest BCUT2D eigenvalue weighted by Gasteiger charge is 2.23. The van der Waals surface area contributed by atoms with Gasteiger partial charge in [-0.05, 0) is 49.9 Å². The molecule has 3 heterocycles. The van der Waals surface area contributed by atoms with Crippen molar-refractivity contribution in [2.45, 2.75) is 26.3 Å². The van der Waals surface area contributed by atoms with Gasteiger partial charge in [-0.3, -0.25) is 14.8 Å². The number of aromatic amines is 1. The molecule has 0 saturated carbocycles. The van der Waals surface area contributed by atoms with E-state index in [9.17, 15) is 9.59 Å². The average molecular weight is 366 g/mol. The van der Waals surface area contributed by atoms with E-state index in [0.29, 0.717) is 23.7 Å². The molecular weight excluding hydrogens is 344 g/mol. The minimum atomic E-state index is -0.897. The molecular formula is C20H22N4O3. The molecule has 4 rings (SSSR count). The molecule has 0 spiro atoms. The van der Waals surface area contributed by atoms with Crippen LogP contribution in [0.5, 0.6) is 0 Å². The summed E-state index contributed by atoms with van der Waals surface area (Å²) in [7, 11) is 0. The average Bonchev–Trinajstić information content (AvgIpc) is 3.21. The predicted octanol–water partition coefficient (Wildman–Crippen LogP) is 2.09. The van der Waals surface area contributed by atoms with E-state index in [4.69, 9.17) is 5.11 Å². The lowest BCUT2D eigenvalue weighted by Crippen LogP contribution is -2.24. The zero-order chi connectivity index (χ0) is 19.0. The first-order valence-corrected chi connectivity index (χ1v) is 9.11. The molecule has 7 nitrogen and oxygen atoms in total. The van der Waals surface area contributed by atoms with E-state index in [0.717, 1.165) is 42.9 Å². The number of fused-ring (bicyclic) bond motifs is 1. The van der Waals surface area contributed by atoms with E-state index in [1.807, 2.05) is 25.1 Å². The lowest BCUT2D eigenvalue weighted by atomic mass is 9.98. The summed E-state index contributed by atoms with van der Waals surface area (Å²) in [5.41, 5.74) is 3.76. The van der Waals surface area contributed by atoms with Crippen LogP contribution in [0.1, 0.15) is 33.7 Å². The summed E-state index contributed by atoms with van der Waals surface area (Å²) in [6.45, 7) is 4.51. The number of rotatable bonds is 5. The normalized spacial score (nSPS) is 17.6. The number of benzene rings is 1. The van der Waals surface area contributed by atoms with Crippen LogP contribution in [0.2, 0.25) is 0 Å². The van der Waals surface area contributed by atoms with Gasteiger partial charge in [0.25, 0.3) is 5.56 Å². The van der Waals surface area contributed by atoms with E-state index in [1.165, 1.54) is 4.52 Å². The molecule has 1 saturated heterocycles. The number of hydrogen-bond acceptors (Lipinski definition) is 4. The smallest absolute Gasteiger partial charge is 0.335 e. The summed E-state index contributed by atoms with van der Waals surface area (Å²) in [4.78, 5) is 30.1. The minimum absolute atomic E-state index is 0.0858. The highest BCUT2D eigenvalue weighted by Crippen LogP contribution is 2.22. The number of aromatic carboxylic acids is 1. The molecule has 1 aliphatic heterocycles. The fourth-order valence-corrected chi connectivity index (χ4v) is 3.81. The minimum Gasteiger partial charge on any atom is -0.478 e. The second kappa shape index (κ2) is 7.00. The first kappa shape index (κ1) is 17.5. The lowest BCUT2D eigenvalue weighted by Gasteiger charge is -2.15. The van der Waals surface area contributed by atoms with Crippen LogP contribution in [0.4, 0.5) is 0 Å². The largest absolute Gasteiger partial charge is 0.478 e. The van der Waals surface area contributed by atoms with Crippen LogP contribution < -0.4 is 5.56 Å². The molecule has 1 fully saturated rings. The molecule has 1 aliphatic rings. The Balaban J connectivity index is 1.39. The van der Waals surface area contributed by atoms with Gasteiger partial charge in [-0.25, -0.2) is 14.3 Å². The Labute approximate surface area is 156 Å². The highest BCUT2D eigenvalue weighted by atomic mass is 16.4. The number of carbonyl (C=O) groups is 1. The van der Waals surface area contributed by atoms with Crippen LogP contribution in [-0.2, 0) is 13.0 Å². The van der Waals surface area contributed by atoms with Crippen LogP contribution in [0.25, 0.3) is 5.65 Å². The first-order valence-electron chi connectivity index (χ1n) is 9.11. The Morgan fingerprint density at radius 3 is 2.81 bits per heavy atom. The molecule has 3 aromatic rings. The fourth-order valence-electron chi connectivity index (χ4n) is 3.81. The Hall–Kier alpha value is -2.93. The summed E-state index contributed by atoms with van der Waals surface area (Å²) in [6.07, 6.45) is 2.02. The van der Waals surface area contributed by atoms with E-state index >= 15 is 0 Å². The lowest BCUT2D eigenvalue weighted by molar-refractivity contribution is 0.0697. The second-order valence-corrected chi connectivity index (χ2v) is 7.31. The van der Waals surface area contributed by atoms with Crippen molar-refractivity contribution in [2.24, 2.45) is 5.92 Å². The van der Waals surface area contributed by atoms with Crippen LogP contribution in [0.15, 0.2) is 41.2 Å². The van der Waals surface area contributed by atoms with E-state index < -0.39 is 5.97 Å². The zero-order valence-electron chi connectivity index (χ0n) is 15.2. The number of H-pyrrole nitrogens is 1. The van der Waals surface area contributed by atoms with Crippen molar-refractivity contribution in [3.8, 4) is 0 Å². The maximum atomic E-state index is 12.2. The maximum Gasteiger partial charge on any atom is 0.335 e. The van der Waals surface area contributed by atoms with Gasteiger partial charge in [-0.15, -0.1) is 0 Å². The molecule has 0 unspecified atom stereocenters. The third kappa shape index (κ3) is 3.78. The van der Waals surface area contributed by atoms with Crippen molar-refractivity contribution >= 4 is 11.6 Å². The van der Waals surface area contributed by atoms with Gasteiger partial charge in [0.05, 0.1) is 11.3 Å². The molecule has 0 aliphatic carbocycles. The number of hydrogen-bond donors (Lipinski definition) is 2. The van der Waals surface area contributed by atoms with Crippen molar-refractivity contribution in [3.05, 3.63) is 69.3 Å². The van der Waals surface area contributed by atoms with Gasteiger partial charge in [0.15, 0.2) is 5.65 Å². The quantitative estimate of drug-likeness (QED) is 0.722. The van der Waals surface area contributed by atoms with Crippen LogP contribution in [0.3, 0.4) is 0 Å². The summed E-state index contributed by atoms with van der Waals surface area (Å²) in [5, 5.41) is 12.0. The zero-order valence-corrected chi connectivity index (χ0v) is 15.2. The van der Waals surface area contributed by atoms with Crippen LogP contribution in [-0.4, -0.2) is 43.7 Å². The molecule has 2 aromatic heterocycles. The summed E-state index contributed by atoms with van der Waals surface area (Å²) >= 11 is 0. The molecule has 0 bridgehead atoms. The Kier molecular flexibility index (Phi) is 4.53. The molecule has 140 valence electrons. The first-order chi connectivity index (χ1) is 13.0. The SMILES string of the molecule is Cc1cc2nc(CN3CC[C@@H](Cc4ccc(C(=O)O)cc4)C3)cc(=O)n2[nH]1. The van der Waals surface area contributed by atoms with Crippen molar-refractivity contribution in [1.29, 1.82) is 0 Å². The predicted molar refractivity (Wildman–Crippen MR) is 101 cm³/mol. The number of nitrogens with zero attached hydrogens (tertiary/aromatic N) is 3. The molecule has 1 atom stereocenters. The van der Waals surface area contributed by atoms with Gasteiger partial charge in [0.2, 0.25) is 0 Å². The van der Waals surface area contributed by atoms with Gasteiger partial charge in [-0.2, -0.15) is 0 Å². The summed E-state index contributed by atoms with van der Waals surface area (Å²) in [5.74, 6) is -0.369. The molecule has 27 heavy (non-hydrogen) atoms. The molecule has 1 aromatic carbocycles. The third-order valence-corrected chi connectivity index (χ3v) is 5.11. The highest BCUT2D eigenvalue weighted by molar-refractivity contribution is 5.87. The van der Waals surface area contributed by atoms with Crippen molar-refractivity contribution in [1.82, 2.24) is 19.5 Å². The second-order valence-electron chi connectivity index (χ2n) is 7.31. The van der Waals surface area contributed by atoms with Crippen molar-refractivity contribution in [2.75, 3.05) is 13.1 Å². The molecule has 7 heteroatoms.